The monoisotopic (exact) mass is 361 g/mol. The maximum Gasteiger partial charge on any atom is 1.00 e. The summed E-state index contributed by atoms with van der Waals surface area (Å²) in [5.41, 5.74) is 4.35. The molecule has 0 aromatic rings. The number of hydrogen-bond donors (Lipinski definition) is 2. The fraction of sp³-hybridized carbons (Fsp3) is 0.846. The number of carbonyl (C=O) groups excluding carboxylic acids is 2. The number of amides is 1. The van der Waals surface area contributed by atoms with E-state index in [1.165, 1.54) is 0 Å². The third-order valence-corrected chi connectivity index (χ3v) is 2.72. The van der Waals surface area contributed by atoms with Crippen molar-refractivity contribution >= 4 is 24.8 Å². The van der Waals surface area contributed by atoms with Gasteiger partial charge in [-0.25, -0.2) is 0 Å². The standard InChI is InChI=1S/C12H22NO3.CH4S.Rb/c1-11(2,10(13)15)7-9-16-12(3,4)6-5-8-14;1-2;/h5-7,9H2,1-4H3,(H2,13,15);2H,1H3;/q-1;;+1. The predicted octanol–water partition coefficient (Wildman–Crippen LogP) is -0.877. The van der Waals surface area contributed by atoms with Crippen LogP contribution in [0, 0.1) is 5.41 Å². The Morgan fingerprint density at radius 3 is 2.05 bits per heavy atom. The Kier molecular flexibility index (Phi) is 17.2. The maximum atomic E-state index is 11.1. The summed E-state index contributed by atoms with van der Waals surface area (Å²) in [4.78, 5) is 21.2. The molecule has 0 aliphatic rings. The molecule has 2 N–H and O–H groups in total. The third-order valence-electron chi connectivity index (χ3n) is 2.72. The second kappa shape index (κ2) is 13.0. The molecule has 0 atom stereocenters. The first kappa shape index (κ1) is 25.2. The summed E-state index contributed by atoms with van der Waals surface area (Å²) in [5.74, 6) is -0.324. The van der Waals surface area contributed by atoms with E-state index in [-0.39, 0.29) is 69.7 Å². The minimum absolute atomic E-state index is 0. The van der Waals surface area contributed by atoms with Gasteiger partial charge < -0.3 is 15.3 Å². The topological polar surface area (TPSA) is 69.4 Å². The van der Waals surface area contributed by atoms with Crippen molar-refractivity contribution in [3.8, 4) is 0 Å². The molecule has 0 fully saturated rings. The van der Waals surface area contributed by atoms with Crippen LogP contribution in [0.5, 0.6) is 0 Å². The molecule has 0 aromatic heterocycles. The number of primary amides is 1. The minimum Gasteiger partial charge on any atom is -0.542 e. The van der Waals surface area contributed by atoms with Gasteiger partial charge in [0.05, 0.1) is 5.60 Å². The Hall–Kier alpha value is 1.26. The minimum atomic E-state index is -0.549. The second-order valence-corrected chi connectivity index (χ2v) is 5.25. The molecule has 0 unspecified atom stereocenters. The molecule has 0 spiro atoms. The largest absolute Gasteiger partial charge is 1.00 e. The predicted molar refractivity (Wildman–Crippen MR) is 77.5 cm³/mol. The van der Waals surface area contributed by atoms with Gasteiger partial charge in [-0.05, 0) is 32.9 Å². The van der Waals surface area contributed by atoms with E-state index in [0.29, 0.717) is 25.9 Å². The molecule has 0 aliphatic carbocycles. The summed E-state index contributed by atoms with van der Waals surface area (Å²) >= 11 is 3.53. The average Bonchev–Trinajstić information content (AvgIpc) is 2.28. The first-order valence-corrected chi connectivity index (χ1v) is 6.84. The van der Waals surface area contributed by atoms with Crippen molar-refractivity contribution in [1.82, 2.24) is 0 Å². The fourth-order valence-electron chi connectivity index (χ4n) is 1.13. The molecule has 1 amide bonds. The number of hydrogen-bond acceptors (Lipinski definition) is 4. The van der Waals surface area contributed by atoms with Crippen LogP contribution in [0.2, 0.25) is 0 Å². The molecular weight excluding hydrogens is 336 g/mol. The smallest absolute Gasteiger partial charge is 0.542 e. The summed E-state index contributed by atoms with van der Waals surface area (Å²) in [5, 5.41) is 0. The van der Waals surface area contributed by atoms with Crippen LogP contribution in [0.1, 0.15) is 47.0 Å². The van der Waals surface area contributed by atoms with Crippen molar-refractivity contribution in [2.75, 3.05) is 12.9 Å². The first-order valence-electron chi connectivity index (χ1n) is 5.95. The van der Waals surface area contributed by atoms with Crippen LogP contribution in [0.15, 0.2) is 0 Å². The summed E-state index contributed by atoms with van der Waals surface area (Å²) in [6.07, 6.45) is 5.12. The zero-order valence-corrected chi connectivity index (χ0v) is 18.9. The Bertz CT molecular complexity index is 258. The van der Waals surface area contributed by atoms with E-state index < -0.39 is 5.41 Å². The molecule has 0 radical (unpaired) electrons. The Balaban J connectivity index is -0.000000809. The Morgan fingerprint density at radius 1 is 1.21 bits per heavy atom. The van der Waals surface area contributed by atoms with E-state index in [1.807, 2.05) is 20.1 Å². The molecule has 0 bridgehead atoms. The molecule has 19 heavy (non-hydrogen) atoms. The Labute approximate surface area is 171 Å². The fourth-order valence-corrected chi connectivity index (χ4v) is 1.13. The van der Waals surface area contributed by atoms with Gasteiger partial charge >= 0.3 is 58.2 Å². The van der Waals surface area contributed by atoms with Crippen molar-refractivity contribution in [2.24, 2.45) is 11.1 Å². The zero-order valence-electron chi connectivity index (χ0n) is 13.1. The van der Waals surface area contributed by atoms with Crippen molar-refractivity contribution < 1.29 is 72.5 Å². The van der Waals surface area contributed by atoms with E-state index in [2.05, 4.69) is 12.6 Å². The van der Waals surface area contributed by atoms with Gasteiger partial charge in [-0.3, -0.25) is 11.1 Å². The van der Waals surface area contributed by atoms with Crippen LogP contribution < -0.4 is 63.9 Å². The number of ether oxygens (including phenoxy) is 1. The molecule has 0 aliphatic heterocycles. The average molecular weight is 362 g/mol. The van der Waals surface area contributed by atoms with Crippen LogP contribution >= 0.6 is 12.6 Å². The third kappa shape index (κ3) is 14.0. The van der Waals surface area contributed by atoms with E-state index in [9.17, 15) is 9.59 Å². The van der Waals surface area contributed by atoms with Crippen LogP contribution in [0.3, 0.4) is 0 Å². The quantitative estimate of drug-likeness (QED) is 0.436. The molecule has 108 valence electrons. The summed E-state index contributed by atoms with van der Waals surface area (Å²) < 4.78 is 5.63. The number of nitrogens with two attached hydrogens (primary N) is 1. The van der Waals surface area contributed by atoms with Gasteiger partial charge in [0.2, 0.25) is 5.91 Å². The molecular formula is C13H26NO3RbS. The summed E-state index contributed by atoms with van der Waals surface area (Å²) in [6.45, 7) is 7.89. The van der Waals surface area contributed by atoms with Crippen LogP contribution in [-0.4, -0.2) is 30.7 Å². The zero-order chi connectivity index (χ0) is 14.8. The van der Waals surface area contributed by atoms with Crippen molar-refractivity contribution in [2.45, 2.75) is 52.6 Å². The number of rotatable bonds is 8. The van der Waals surface area contributed by atoms with Crippen LogP contribution in [0.25, 0.3) is 0 Å². The van der Waals surface area contributed by atoms with E-state index in [4.69, 9.17) is 10.5 Å². The van der Waals surface area contributed by atoms with Crippen LogP contribution in [0.4, 0.5) is 0 Å². The van der Waals surface area contributed by atoms with Gasteiger partial charge in [0.25, 0.3) is 0 Å². The van der Waals surface area contributed by atoms with Gasteiger partial charge in [-0.15, -0.1) is 6.42 Å². The number of carbonyl (C=O) groups is 1. The van der Waals surface area contributed by atoms with Crippen LogP contribution in [-0.2, 0) is 14.3 Å². The SMILES string of the molecule is CC(C)(CC[C-]=O)OCCC(C)(C)C(N)=O.CS.[Rb+]. The molecule has 0 rings (SSSR count). The summed E-state index contributed by atoms with van der Waals surface area (Å²) in [6, 6.07) is 0. The van der Waals surface area contributed by atoms with Gasteiger partial charge in [0, 0.05) is 12.0 Å². The van der Waals surface area contributed by atoms with Gasteiger partial charge in [-0.1, -0.05) is 13.8 Å². The molecule has 0 heterocycles. The molecule has 0 aromatic carbocycles. The second-order valence-electron chi connectivity index (χ2n) is 5.25. The first-order chi connectivity index (χ1) is 8.21. The van der Waals surface area contributed by atoms with Crippen molar-refractivity contribution in [1.29, 1.82) is 0 Å². The van der Waals surface area contributed by atoms with Gasteiger partial charge in [0.1, 0.15) is 0 Å². The number of thiol groups is 1. The van der Waals surface area contributed by atoms with E-state index in [1.54, 1.807) is 20.1 Å². The molecule has 0 saturated heterocycles. The molecule has 6 heteroatoms. The molecule has 4 nitrogen and oxygen atoms in total. The Morgan fingerprint density at radius 2 is 1.68 bits per heavy atom. The summed E-state index contributed by atoms with van der Waals surface area (Å²) in [7, 11) is 0. The maximum absolute atomic E-state index is 11.1. The van der Waals surface area contributed by atoms with Crippen molar-refractivity contribution in [3.63, 3.8) is 0 Å². The van der Waals surface area contributed by atoms with E-state index >= 15 is 0 Å². The van der Waals surface area contributed by atoms with Crippen molar-refractivity contribution in [3.05, 3.63) is 0 Å². The molecule has 0 saturated carbocycles. The van der Waals surface area contributed by atoms with Gasteiger partial charge in [-0.2, -0.15) is 12.6 Å². The normalized spacial score (nSPS) is 10.8. The van der Waals surface area contributed by atoms with Gasteiger partial charge in [0.15, 0.2) is 0 Å². The van der Waals surface area contributed by atoms with E-state index in [0.717, 1.165) is 0 Å².